The molecule has 0 spiro atoms. The van der Waals surface area contributed by atoms with E-state index in [0.717, 1.165) is 5.56 Å². The Bertz CT molecular complexity index is 1010. The molecule has 1 atom stereocenters. The van der Waals surface area contributed by atoms with Gasteiger partial charge in [0.05, 0.1) is 29.3 Å². The summed E-state index contributed by atoms with van der Waals surface area (Å²) < 4.78 is 6.73. The maximum atomic E-state index is 12.9. The molecule has 1 aromatic heterocycles. The zero-order valence-electron chi connectivity index (χ0n) is 15.6. The molecule has 0 bridgehead atoms. The van der Waals surface area contributed by atoms with Crippen LogP contribution >= 0.6 is 11.8 Å². The molecule has 6 heteroatoms. The smallest absolute Gasteiger partial charge is 0.262 e. The van der Waals surface area contributed by atoms with Gasteiger partial charge in [-0.15, -0.1) is 0 Å². The summed E-state index contributed by atoms with van der Waals surface area (Å²) in [7, 11) is 1.59. The highest BCUT2D eigenvalue weighted by atomic mass is 32.2. The third kappa shape index (κ3) is 4.28. The van der Waals surface area contributed by atoms with Crippen molar-refractivity contribution >= 4 is 28.4 Å². The van der Waals surface area contributed by atoms with Gasteiger partial charge in [0, 0.05) is 12.7 Å². The van der Waals surface area contributed by atoms with Crippen LogP contribution in [0, 0.1) is 6.92 Å². The Balaban J connectivity index is 1.95. The number of ether oxygens (including phenoxy) is 1. The summed E-state index contributed by atoms with van der Waals surface area (Å²) in [5, 5.41) is 0.730. The van der Waals surface area contributed by atoms with Crippen molar-refractivity contribution in [2.45, 2.75) is 30.8 Å². The third-order valence-corrected chi connectivity index (χ3v) is 5.42. The topological polar surface area (TPSA) is 61.2 Å². The molecular formula is C21H22N2O3S. The molecule has 3 aromatic rings. The fourth-order valence-corrected chi connectivity index (χ4v) is 3.79. The van der Waals surface area contributed by atoms with Gasteiger partial charge in [0.2, 0.25) is 0 Å². The van der Waals surface area contributed by atoms with E-state index < -0.39 is 0 Å². The van der Waals surface area contributed by atoms with Crippen molar-refractivity contribution < 1.29 is 9.53 Å². The predicted molar refractivity (Wildman–Crippen MR) is 109 cm³/mol. The lowest BCUT2D eigenvalue weighted by Crippen LogP contribution is -2.26. The first-order chi connectivity index (χ1) is 13.0. The molecule has 0 fully saturated rings. The normalized spacial score (nSPS) is 12.3. The Hall–Kier alpha value is -2.44. The molecule has 0 aliphatic carbocycles. The highest BCUT2D eigenvalue weighted by molar-refractivity contribution is 8.00. The number of hydrogen-bond donors (Lipinski definition) is 0. The van der Waals surface area contributed by atoms with Crippen LogP contribution < -0.4 is 5.56 Å². The monoisotopic (exact) mass is 382 g/mol. The Kier molecular flexibility index (Phi) is 6.08. The number of benzene rings is 2. The standard InChI is InChI=1S/C21H22N2O3S/c1-14-8-10-16(11-9-14)19(24)15(2)27-21-22-18-7-5-4-6-17(18)20(25)23(21)12-13-26-3/h4-11,15H,12-13H2,1-3H3/t15-/m1/s1. The minimum atomic E-state index is -0.366. The summed E-state index contributed by atoms with van der Waals surface area (Å²) in [5.74, 6) is 0.0145. The molecule has 5 nitrogen and oxygen atoms in total. The summed E-state index contributed by atoms with van der Waals surface area (Å²) >= 11 is 1.30. The second kappa shape index (κ2) is 8.50. The fourth-order valence-electron chi connectivity index (χ4n) is 2.78. The zero-order valence-corrected chi connectivity index (χ0v) is 16.5. The number of para-hydroxylation sites is 1. The van der Waals surface area contributed by atoms with Gasteiger partial charge in [0.25, 0.3) is 5.56 Å². The Morgan fingerprint density at radius 2 is 1.89 bits per heavy atom. The predicted octanol–water partition coefficient (Wildman–Crippen LogP) is 3.71. The van der Waals surface area contributed by atoms with E-state index in [2.05, 4.69) is 4.98 Å². The first-order valence-corrected chi connectivity index (χ1v) is 9.65. The Labute approximate surface area is 162 Å². The Morgan fingerprint density at radius 3 is 2.59 bits per heavy atom. The number of nitrogens with zero attached hydrogens (tertiary/aromatic N) is 2. The number of carbonyl (C=O) groups is 1. The van der Waals surface area contributed by atoms with Gasteiger partial charge in [-0.1, -0.05) is 53.7 Å². The number of rotatable bonds is 7. The van der Waals surface area contributed by atoms with Crippen LogP contribution in [0.5, 0.6) is 0 Å². The molecule has 140 valence electrons. The van der Waals surface area contributed by atoms with Crippen LogP contribution in [-0.4, -0.2) is 34.3 Å². The quantitative estimate of drug-likeness (QED) is 0.354. The summed E-state index contributed by atoms with van der Waals surface area (Å²) in [6, 6.07) is 14.8. The second-order valence-electron chi connectivity index (χ2n) is 6.35. The van der Waals surface area contributed by atoms with Crippen LogP contribution in [0.3, 0.4) is 0 Å². The second-order valence-corrected chi connectivity index (χ2v) is 7.66. The molecule has 0 radical (unpaired) electrons. The van der Waals surface area contributed by atoms with E-state index in [0.29, 0.717) is 34.8 Å². The van der Waals surface area contributed by atoms with Crippen LogP contribution in [0.4, 0.5) is 0 Å². The number of methoxy groups -OCH3 is 1. The van der Waals surface area contributed by atoms with E-state index in [9.17, 15) is 9.59 Å². The van der Waals surface area contributed by atoms with Gasteiger partial charge in [-0.05, 0) is 26.0 Å². The third-order valence-electron chi connectivity index (χ3n) is 4.33. The molecular weight excluding hydrogens is 360 g/mol. The summed E-state index contributed by atoms with van der Waals surface area (Å²) in [5.41, 5.74) is 2.28. The average Bonchev–Trinajstić information content (AvgIpc) is 2.68. The van der Waals surface area contributed by atoms with Crippen molar-refractivity contribution in [1.82, 2.24) is 9.55 Å². The lowest BCUT2D eigenvalue weighted by molar-refractivity contribution is 0.0994. The molecule has 2 aromatic carbocycles. The summed E-state index contributed by atoms with van der Waals surface area (Å²) in [6.45, 7) is 4.61. The minimum absolute atomic E-state index is 0.0145. The zero-order chi connectivity index (χ0) is 19.4. The van der Waals surface area contributed by atoms with Crippen LogP contribution in [-0.2, 0) is 11.3 Å². The molecule has 1 heterocycles. The van der Waals surface area contributed by atoms with Crippen molar-refractivity contribution in [3.05, 3.63) is 70.0 Å². The van der Waals surface area contributed by atoms with Gasteiger partial charge in [-0.25, -0.2) is 4.98 Å². The van der Waals surface area contributed by atoms with Crippen molar-refractivity contribution in [3.63, 3.8) is 0 Å². The molecule has 0 saturated heterocycles. The number of thioether (sulfide) groups is 1. The van der Waals surface area contributed by atoms with E-state index in [1.807, 2.05) is 56.3 Å². The minimum Gasteiger partial charge on any atom is -0.383 e. The van der Waals surface area contributed by atoms with Gasteiger partial charge in [0.15, 0.2) is 10.9 Å². The van der Waals surface area contributed by atoms with E-state index >= 15 is 0 Å². The highest BCUT2D eigenvalue weighted by Crippen LogP contribution is 2.25. The van der Waals surface area contributed by atoms with Gasteiger partial charge < -0.3 is 4.74 Å². The maximum Gasteiger partial charge on any atom is 0.262 e. The molecule has 0 amide bonds. The van der Waals surface area contributed by atoms with Gasteiger partial charge in [0.1, 0.15) is 0 Å². The first-order valence-electron chi connectivity index (χ1n) is 8.77. The molecule has 27 heavy (non-hydrogen) atoms. The summed E-state index contributed by atoms with van der Waals surface area (Å²) in [6.07, 6.45) is 0. The van der Waals surface area contributed by atoms with Crippen LogP contribution in [0.1, 0.15) is 22.8 Å². The fraction of sp³-hybridized carbons (Fsp3) is 0.286. The maximum absolute atomic E-state index is 12.9. The number of hydrogen-bond acceptors (Lipinski definition) is 5. The molecule has 0 aliphatic heterocycles. The van der Waals surface area contributed by atoms with E-state index in [1.165, 1.54) is 11.8 Å². The van der Waals surface area contributed by atoms with Crippen LogP contribution in [0.2, 0.25) is 0 Å². The number of fused-ring (bicyclic) bond motifs is 1. The van der Waals surface area contributed by atoms with E-state index in [1.54, 1.807) is 17.7 Å². The number of aryl methyl sites for hydroxylation is 1. The van der Waals surface area contributed by atoms with E-state index in [4.69, 9.17) is 4.74 Å². The number of carbonyl (C=O) groups excluding carboxylic acids is 1. The van der Waals surface area contributed by atoms with Gasteiger partial charge in [-0.2, -0.15) is 0 Å². The van der Waals surface area contributed by atoms with Crippen molar-refractivity contribution in [3.8, 4) is 0 Å². The lowest BCUT2D eigenvalue weighted by atomic mass is 10.1. The number of aromatic nitrogens is 2. The largest absolute Gasteiger partial charge is 0.383 e. The van der Waals surface area contributed by atoms with Crippen molar-refractivity contribution in [1.29, 1.82) is 0 Å². The van der Waals surface area contributed by atoms with E-state index in [-0.39, 0.29) is 16.6 Å². The molecule has 0 saturated carbocycles. The summed E-state index contributed by atoms with van der Waals surface area (Å²) in [4.78, 5) is 30.3. The van der Waals surface area contributed by atoms with Crippen LogP contribution in [0.15, 0.2) is 58.5 Å². The number of ketones is 1. The van der Waals surface area contributed by atoms with Gasteiger partial charge in [-0.3, -0.25) is 14.2 Å². The van der Waals surface area contributed by atoms with Crippen LogP contribution in [0.25, 0.3) is 10.9 Å². The number of Topliss-reactive ketones (excluding diaryl/α,β-unsaturated/α-hetero) is 1. The van der Waals surface area contributed by atoms with Gasteiger partial charge >= 0.3 is 0 Å². The molecule has 0 aliphatic rings. The lowest BCUT2D eigenvalue weighted by Gasteiger charge is -2.16. The molecule has 0 unspecified atom stereocenters. The van der Waals surface area contributed by atoms with Crippen molar-refractivity contribution in [2.24, 2.45) is 0 Å². The first kappa shape index (κ1) is 19.3. The SMILES string of the molecule is COCCn1c(S[C@H](C)C(=O)c2ccc(C)cc2)nc2ccccc2c1=O. The molecule has 3 rings (SSSR count). The average molecular weight is 382 g/mol. The Morgan fingerprint density at radius 1 is 1.19 bits per heavy atom. The van der Waals surface area contributed by atoms with Crippen molar-refractivity contribution in [2.75, 3.05) is 13.7 Å². The molecule has 0 N–H and O–H groups in total. The highest BCUT2D eigenvalue weighted by Gasteiger charge is 2.20.